The molecule has 0 unspecified atom stereocenters. The summed E-state index contributed by atoms with van der Waals surface area (Å²) < 4.78 is 48.9. The molecule has 0 fully saturated rings. The van der Waals surface area contributed by atoms with E-state index in [1.165, 1.54) is 6.07 Å². The number of hydrogen-bond acceptors (Lipinski definition) is 2. The summed E-state index contributed by atoms with van der Waals surface area (Å²) in [4.78, 5) is 5.29. The third-order valence-corrected chi connectivity index (χ3v) is 9.10. The molecule has 0 amide bonds. The molecule has 6 aromatic carbocycles. The summed E-state index contributed by atoms with van der Waals surface area (Å²) in [7, 11) is 0. The van der Waals surface area contributed by atoms with Gasteiger partial charge in [-0.15, -0.1) is 0 Å². The van der Waals surface area contributed by atoms with Crippen LogP contribution < -0.4 is 0 Å². The van der Waals surface area contributed by atoms with Crippen LogP contribution in [0.1, 0.15) is 60.3 Å². The first kappa shape index (κ1) is 25.0. The highest BCUT2D eigenvalue weighted by molar-refractivity contribution is 6.11. The summed E-state index contributed by atoms with van der Waals surface area (Å²) in [6, 6.07) is 35.5. The molecule has 0 bridgehead atoms. The van der Waals surface area contributed by atoms with E-state index in [0.29, 0.717) is 27.7 Å². The summed E-state index contributed by atoms with van der Waals surface area (Å²) in [6.45, 7) is 6.38. The van der Waals surface area contributed by atoms with Crippen molar-refractivity contribution >= 4 is 43.7 Å². The molecule has 0 aliphatic heterocycles. The molecule has 8 rings (SSSR count). The van der Waals surface area contributed by atoms with Gasteiger partial charge >= 0.3 is 0 Å². The number of aromatic nitrogens is 2. The molecule has 0 spiro atoms. The van der Waals surface area contributed by atoms with Crippen LogP contribution in [0.3, 0.4) is 0 Å². The summed E-state index contributed by atoms with van der Waals surface area (Å²) in [5.41, 5.74) is 8.38. The van der Waals surface area contributed by atoms with Gasteiger partial charge in [-0.2, -0.15) is 0 Å². The number of fused-ring (bicyclic) bond motifs is 5. The lowest BCUT2D eigenvalue weighted by atomic mass is 9.88. The Morgan fingerprint density at radius 1 is 0.717 bits per heavy atom. The highest BCUT2D eigenvalue weighted by Gasteiger charge is 2.26. The Morgan fingerprint density at radius 3 is 2.11 bits per heavy atom. The molecule has 3 nitrogen and oxygen atoms in total. The van der Waals surface area contributed by atoms with Gasteiger partial charge in [0.05, 0.1) is 22.3 Å². The summed E-state index contributed by atoms with van der Waals surface area (Å²) in [6.07, 6.45) is 0. The average Bonchev–Trinajstić information content (AvgIpc) is 3.65. The normalized spacial score (nSPS) is 13.3. The number of nitrogens with zero attached hydrogens (tertiary/aromatic N) is 2. The Balaban J connectivity index is 1.55. The minimum absolute atomic E-state index is 0.0294. The molecular weight excluding hydrogens is 567 g/mol. The minimum Gasteiger partial charge on any atom is -0.452 e. The van der Waals surface area contributed by atoms with E-state index in [4.69, 9.17) is 13.5 Å². The number of benzene rings is 6. The van der Waals surface area contributed by atoms with Gasteiger partial charge in [-0.05, 0) is 93.7 Å². The Hall–Kier alpha value is -5.22. The van der Waals surface area contributed by atoms with E-state index in [2.05, 4.69) is 92.9 Å². The largest absolute Gasteiger partial charge is 0.452 e. The number of rotatable bonds is 5. The number of furan rings is 1. The fourth-order valence-electron chi connectivity index (χ4n) is 6.83. The van der Waals surface area contributed by atoms with E-state index >= 15 is 4.39 Å². The fourth-order valence-corrected chi connectivity index (χ4v) is 6.83. The van der Waals surface area contributed by atoms with E-state index in [-0.39, 0.29) is 23.0 Å². The number of hydrogen-bond donors (Lipinski definition) is 0. The molecule has 46 heavy (non-hydrogen) atoms. The lowest BCUT2D eigenvalue weighted by Crippen LogP contribution is -2.09. The van der Waals surface area contributed by atoms with Gasteiger partial charge in [-0.3, -0.25) is 4.57 Å². The highest BCUT2D eigenvalue weighted by atomic mass is 19.1. The summed E-state index contributed by atoms with van der Waals surface area (Å²) in [5, 5.41) is 2.94. The number of halogens is 1. The third-order valence-electron chi connectivity index (χ3n) is 9.10. The van der Waals surface area contributed by atoms with Gasteiger partial charge in [0.1, 0.15) is 11.4 Å². The molecule has 8 aromatic rings. The third kappa shape index (κ3) is 4.35. The Kier molecular flexibility index (Phi) is 5.82. The summed E-state index contributed by atoms with van der Waals surface area (Å²) in [5.74, 6) is 0.361. The number of aryl methyl sites for hydroxylation is 1. The van der Waals surface area contributed by atoms with Crippen molar-refractivity contribution in [2.75, 3.05) is 0 Å². The van der Waals surface area contributed by atoms with Crippen LogP contribution in [0.15, 0.2) is 114 Å². The van der Waals surface area contributed by atoms with Crippen molar-refractivity contribution < 1.29 is 12.9 Å². The van der Waals surface area contributed by atoms with Gasteiger partial charge in [-0.25, -0.2) is 9.37 Å². The van der Waals surface area contributed by atoms with Crippen molar-refractivity contribution in [3.8, 4) is 28.2 Å². The second-order valence-corrected chi connectivity index (χ2v) is 12.7. The molecule has 0 saturated carbocycles. The monoisotopic (exact) mass is 605 g/mol. The predicted octanol–water partition coefficient (Wildman–Crippen LogP) is 12.1. The predicted molar refractivity (Wildman–Crippen MR) is 190 cm³/mol. The van der Waals surface area contributed by atoms with Gasteiger partial charge in [0, 0.05) is 14.9 Å². The molecule has 0 N–H and O–H groups in total. The Labute approximate surface area is 272 Å². The van der Waals surface area contributed by atoms with Gasteiger partial charge in [0.25, 0.3) is 0 Å². The second-order valence-electron chi connectivity index (χ2n) is 12.7. The molecule has 0 aliphatic rings. The molecular formula is C42H35FN2O. The quantitative estimate of drug-likeness (QED) is 0.195. The highest BCUT2D eigenvalue weighted by Crippen LogP contribution is 2.44. The van der Waals surface area contributed by atoms with Crippen LogP contribution in [0.2, 0.25) is 0 Å². The van der Waals surface area contributed by atoms with Crippen molar-refractivity contribution in [3.63, 3.8) is 0 Å². The van der Waals surface area contributed by atoms with E-state index < -0.39 is 12.7 Å². The Morgan fingerprint density at radius 2 is 1.41 bits per heavy atom. The maximum absolute atomic E-state index is 15.3. The van der Waals surface area contributed by atoms with Crippen molar-refractivity contribution in [1.82, 2.24) is 9.55 Å². The smallest absolute Gasteiger partial charge is 0.171 e. The first-order valence-electron chi connectivity index (χ1n) is 17.3. The van der Waals surface area contributed by atoms with Crippen molar-refractivity contribution in [2.24, 2.45) is 0 Å². The van der Waals surface area contributed by atoms with Gasteiger partial charge in [0.15, 0.2) is 11.4 Å². The average molecular weight is 606 g/mol. The van der Waals surface area contributed by atoms with E-state index in [0.717, 1.165) is 49.7 Å². The zero-order chi connectivity index (χ0) is 34.2. The van der Waals surface area contributed by atoms with Crippen molar-refractivity contribution in [1.29, 1.82) is 0 Å². The topological polar surface area (TPSA) is 31.0 Å². The second kappa shape index (κ2) is 10.7. The van der Waals surface area contributed by atoms with Crippen molar-refractivity contribution in [2.45, 2.75) is 46.4 Å². The van der Waals surface area contributed by atoms with Crippen LogP contribution in [0, 0.1) is 12.7 Å². The van der Waals surface area contributed by atoms with Crippen LogP contribution in [-0.2, 0) is 0 Å². The standard InChI is InChI=1S/C42H35FN2O/c1-24(2)33-20-30(27-12-7-6-8-13-27)21-34(25(3)4)39(33)45-37-23-29-15-10-9-14-28(29)22-36(37)44-42(45)32-19-18-26(5)38-31-16-11-17-35(43)40(31)46-41(32)38/h6-25H,1-5H3/i5D3. The van der Waals surface area contributed by atoms with Crippen LogP contribution >= 0.6 is 0 Å². The maximum atomic E-state index is 15.3. The van der Waals surface area contributed by atoms with E-state index in [9.17, 15) is 0 Å². The first-order chi connectivity index (χ1) is 23.5. The SMILES string of the molecule is [2H]C([2H])([2H])c1ccc(-c2nc3cc4ccccc4cc3n2-c2c(C(C)C)cc(-c3ccccc3)cc2C(C)C)c2oc3c(F)cccc3c12. The molecule has 226 valence electrons. The molecule has 0 radical (unpaired) electrons. The number of para-hydroxylation sites is 1. The molecule has 0 saturated heterocycles. The number of imidazole rings is 1. The Bertz CT molecular complexity index is 2530. The molecule has 4 heteroatoms. The van der Waals surface area contributed by atoms with Crippen LogP contribution in [0.5, 0.6) is 0 Å². The van der Waals surface area contributed by atoms with Crippen LogP contribution in [-0.4, -0.2) is 9.55 Å². The van der Waals surface area contributed by atoms with E-state index in [1.807, 2.05) is 18.2 Å². The lowest BCUT2D eigenvalue weighted by Gasteiger charge is -2.24. The van der Waals surface area contributed by atoms with Gasteiger partial charge in [0.2, 0.25) is 0 Å². The van der Waals surface area contributed by atoms with Crippen molar-refractivity contribution in [3.05, 3.63) is 132 Å². The van der Waals surface area contributed by atoms with Gasteiger partial charge < -0.3 is 4.42 Å². The zero-order valence-electron chi connectivity index (χ0n) is 29.2. The van der Waals surface area contributed by atoms with Gasteiger partial charge in [-0.1, -0.05) is 100 Å². The summed E-state index contributed by atoms with van der Waals surface area (Å²) >= 11 is 0. The van der Waals surface area contributed by atoms with E-state index in [1.54, 1.807) is 24.3 Å². The lowest BCUT2D eigenvalue weighted by molar-refractivity contribution is 0.584. The molecule has 2 heterocycles. The van der Waals surface area contributed by atoms with Crippen LogP contribution in [0.4, 0.5) is 4.39 Å². The molecule has 0 atom stereocenters. The zero-order valence-corrected chi connectivity index (χ0v) is 26.2. The molecule has 0 aliphatic carbocycles. The molecule has 2 aromatic heterocycles. The minimum atomic E-state index is -2.44. The van der Waals surface area contributed by atoms with Crippen LogP contribution in [0.25, 0.3) is 71.9 Å². The maximum Gasteiger partial charge on any atom is 0.171 e. The fraction of sp³-hybridized carbons (Fsp3) is 0.167. The first-order valence-corrected chi connectivity index (χ1v) is 15.8.